The van der Waals surface area contributed by atoms with Crippen molar-refractivity contribution in [1.82, 2.24) is 9.55 Å². The third-order valence-electron chi connectivity index (χ3n) is 4.56. The summed E-state index contributed by atoms with van der Waals surface area (Å²) in [7, 11) is 0. The van der Waals surface area contributed by atoms with Gasteiger partial charge in [0.1, 0.15) is 0 Å². The molecule has 0 atom stereocenters. The van der Waals surface area contributed by atoms with E-state index >= 15 is 0 Å². The van der Waals surface area contributed by atoms with Gasteiger partial charge in [-0.3, -0.25) is 14.2 Å². The molecule has 4 rings (SSSR count). The number of fused-ring (bicyclic) bond motifs is 1. The molecule has 7 heteroatoms. The number of benzene rings is 3. The van der Waals surface area contributed by atoms with Crippen molar-refractivity contribution in [3.63, 3.8) is 0 Å². The molecule has 0 fully saturated rings. The monoisotopic (exact) mass is 546 g/mol. The fourth-order valence-electron chi connectivity index (χ4n) is 3.04. The SMILES string of the molecule is O=C(CSc1nc2ccc(I)cc2c(=O)n1Cc1ccccc1)c1ccc(Cl)cc1. The summed E-state index contributed by atoms with van der Waals surface area (Å²) in [6, 6.07) is 22.2. The Bertz CT molecular complexity index is 1270. The molecule has 4 nitrogen and oxygen atoms in total. The predicted octanol–water partition coefficient (Wildman–Crippen LogP) is 5.68. The number of Topliss-reactive ketones (excluding diaryl/α,β-unsaturated/α-hetero) is 1. The summed E-state index contributed by atoms with van der Waals surface area (Å²) in [4.78, 5) is 30.6. The number of rotatable bonds is 6. The first-order chi connectivity index (χ1) is 14.5. The number of hydrogen-bond donors (Lipinski definition) is 0. The molecule has 0 unspecified atom stereocenters. The number of halogens is 2. The fourth-order valence-corrected chi connectivity index (χ4v) is 4.55. The normalized spacial score (nSPS) is 11.0. The predicted molar refractivity (Wildman–Crippen MR) is 131 cm³/mol. The Kier molecular flexibility index (Phi) is 6.55. The summed E-state index contributed by atoms with van der Waals surface area (Å²) in [5.41, 5.74) is 2.10. The lowest BCUT2D eigenvalue weighted by atomic mass is 10.1. The Morgan fingerprint density at radius 3 is 2.50 bits per heavy atom. The third-order valence-corrected chi connectivity index (χ3v) is 6.46. The Balaban J connectivity index is 1.70. The van der Waals surface area contributed by atoms with Gasteiger partial charge < -0.3 is 0 Å². The van der Waals surface area contributed by atoms with Crippen molar-refractivity contribution < 1.29 is 4.79 Å². The van der Waals surface area contributed by atoms with Crippen molar-refractivity contribution in [2.75, 3.05) is 5.75 Å². The van der Waals surface area contributed by atoms with Gasteiger partial charge in [0.05, 0.1) is 23.2 Å². The van der Waals surface area contributed by atoms with Gasteiger partial charge in [0.25, 0.3) is 5.56 Å². The van der Waals surface area contributed by atoms with Crippen LogP contribution in [0, 0.1) is 3.57 Å². The lowest BCUT2D eigenvalue weighted by Gasteiger charge is -2.13. The standard InChI is InChI=1S/C23H16ClIN2O2S/c24-17-8-6-16(7-9-17)21(28)14-30-23-26-20-11-10-18(25)12-19(20)22(29)27(23)13-15-4-2-1-3-5-15/h1-12H,13-14H2. The van der Waals surface area contributed by atoms with Gasteiger partial charge in [-0.15, -0.1) is 0 Å². The highest BCUT2D eigenvalue weighted by atomic mass is 127. The van der Waals surface area contributed by atoms with Gasteiger partial charge in [0, 0.05) is 14.2 Å². The fraction of sp³-hybridized carbons (Fsp3) is 0.0870. The molecule has 0 amide bonds. The van der Waals surface area contributed by atoms with Crippen molar-refractivity contribution in [2.24, 2.45) is 0 Å². The quantitative estimate of drug-likeness (QED) is 0.135. The van der Waals surface area contributed by atoms with Crippen LogP contribution in [-0.4, -0.2) is 21.1 Å². The Morgan fingerprint density at radius 1 is 1.03 bits per heavy atom. The van der Waals surface area contributed by atoms with Gasteiger partial charge in [-0.05, 0) is 70.6 Å². The average molecular weight is 547 g/mol. The van der Waals surface area contributed by atoms with Crippen LogP contribution < -0.4 is 5.56 Å². The molecular weight excluding hydrogens is 531 g/mol. The van der Waals surface area contributed by atoms with Gasteiger partial charge in [0.2, 0.25) is 0 Å². The van der Waals surface area contributed by atoms with Crippen molar-refractivity contribution in [1.29, 1.82) is 0 Å². The zero-order valence-electron chi connectivity index (χ0n) is 15.7. The number of hydrogen-bond acceptors (Lipinski definition) is 4. The third kappa shape index (κ3) is 4.77. The molecule has 4 aromatic rings. The van der Waals surface area contributed by atoms with Gasteiger partial charge >= 0.3 is 0 Å². The molecule has 150 valence electrons. The minimum absolute atomic E-state index is 0.0418. The number of ketones is 1. The first-order valence-corrected chi connectivity index (χ1v) is 11.6. The first kappa shape index (κ1) is 21.1. The Labute approximate surface area is 196 Å². The van der Waals surface area contributed by atoms with E-state index in [-0.39, 0.29) is 17.1 Å². The van der Waals surface area contributed by atoms with Crippen LogP contribution in [0.3, 0.4) is 0 Å². The van der Waals surface area contributed by atoms with Gasteiger partial charge in [0.15, 0.2) is 10.9 Å². The average Bonchev–Trinajstić information content (AvgIpc) is 2.76. The maximum atomic E-state index is 13.3. The van der Waals surface area contributed by atoms with Crippen LogP contribution in [0.5, 0.6) is 0 Å². The lowest BCUT2D eigenvalue weighted by molar-refractivity contribution is 0.102. The number of nitrogens with zero attached hydrogens (tertiary/aromatic N) is 2. The molecule has 0 saturated carbocycles. The second kappa shape index (κ2) is 9.32. The number of carbonyl (C=O) groups is 1. The van der Waals surface area contributed by atoms with E-state index in [1.165, 1.54) is 11.8 Å². The highest BCUT2D eigenvalue weighted by Gasteiger charge is 2.15. The molecule has 3 aromatic carbocycles. The van der Waals surface area contributed by atoms with Gasteiger partial charge in [-0.2, -0.15) is 0 Å². The van der Waals surface area contributed by atoms with E-state index in [0.717, 1.165) is 9.13 Å². The van der Waals surface area contributed by atoms with E-state index in [1.54, 1.807) is 28.8 Å². The molecular formula is C23H16ClIN2O2S. The van der Waals surface area contributed by atoms with Crippen molar-refractivity contribution in [2.45, 2.75) is 11.7 Å². The second-order valence-corrected chi connectivity index (χ2v) is 9.28. The maximum absolute atomic E-state index is 13.3. The number of aromatic nitrogens is 2. The van der Waals surface area contributed by atoms with Crippen molar-refractivity contribution >= 4 is 62.6 Å². The van der Waals surface area contributed by atoms with Crippen LogP contribution >= 0.6 is 46.0 Å². The van der Waals surface area contributed by atoms with Crippen LogP contribution in [0.4, 0.5) is 0 Å². The molecule has 0 saturated heterocycles. The largest absolute Gasteiger partial charge is 0.293 e. The van der Waals surface area contributed by atoms with Crippen LogP contribution in [0.1, 0.15) is 15.9 Å². The zero-order chi connectivity index (χ0) is 21.1. The minimum atomic E-state index is -0.108. The first-order valence-electron chi connectivity index (χ1n) is 9.17. The molecule has 0 spiro atoms. The molecule has 0 aliphatic carbocycles. The lowest BCUT2D eigenvalue weighted by Crippen LogP contribution is -2.24. The minimum Gasteiger partial charge on any atom is -0.293 e. The molecule has 30 heavy (non-hydrogen) atoms. The van der Waals surface area contributed by atoms with E-state index in [9.17, 15) is 9.59 Å². The van der Waals surface area contributed by atoms with Gasteiger partial charge in [-0.1, -0.05) is 53.7 Å². The molecule has 1 aromatic heterocycles. The second-order valence-electron chi connectivity index (χ2n) is 6.65. The van der Waals surface area contributed by atoms with Crippen LogP contribution in [0.2, 0.25) is 5.02 Å². The van der Waals surface area contributed by atoms with E-state index in [1.807, 2.05) is 48.5 Å². The number of carbonyl (C=O) groups excluding carboxylic acids is 1. The highest BCUT2D eigenvalue weighted by molar-refractivity contribution is 14.1. The zero-order valence-corrected chi connectivity index (χ0v) is 19.4. The summed E-state index contributed by atoms with van der Waals surface area (Å²) < 4.78 is 2.62. The van der Waals surface area contributed by atoms with Crippen LogP contribution in [0.25, 0.3) is 10.9 Å². The Morgan fingerprint density at radius 2 is 1.77 bits per heavy atom. The van der Waals surface area contributed by atoms with Crippen molar-refractivity contribution in [3.8, 4) is 0 Å². The molecule has 0 aliphatic rings. The Hall–Kier alpha value is -2.16. The maximum Gasteiger partial charge on any atom is 0.262 e. The summed E-state index contributed by atoms with van der Waals surface area (Å²) in [6.45, 7) is 0.394. The van der Waals surface area contributed by atoms with E-state index in [4.69, 9.17) is 16.6 Å². The molecule has 0 aliphatic heterocycles. The van der Waals surface area contributed by atoms with Crippen molar-refractivity contribution in [3.05, 3.63) is 103 Å². The highest BCUT2D eigenvalue weighted by Crippen LogP contribution is 2.22. The molecule has 0 bridgehead atoms. The summed E-state index contributed by atoms with van der Waals surface area (Å²) >= 11 is 9.37. The van der Waals surface area contributed by atoms with E-state index in [0.29, 0.717) is 33.2 Å². The molecule has 1 heterocycles. The van der Waals surface area contributed by atoms with E-state index < -0.39 is 0 Å². The summed E-state index contributed by atoms with van der Waals surface area (Å²) in [6.07, 6.45) is 0. The topological polar surface area (TPSA) is 52.0 Å². The van der Waals surface area contributed by atoms with E-state index in [2.05, 4.69) is 22.6 Å². The smallest absolute Gasteiger partial charge is 0.262 e. The molecule has 0 radical (unpaired) electrons. The summed E-state index contributed by atoms with van der Waals surface area (Å²) in [5.74, 6) is 0.138. The van der Waals surface area contributed by atoms with Crippen LogP contribution in [0.15, 0.2) is 82.7 Å². The summed E-state index contributed by atoms with van der Waals surface area (Å²) in [5, 5.41) is 1.69. The number of thioether (sulfide) groups is 1. The van der Waals surface area contributed by atoms with Crippen LogP contribution in [-0.2, 0) is 6.54 Å². The molecule has 0 N–H and O–H groups in total. The van der Waals surface area contributed by atoms with Gasteiger partial charge in [-0.25, -0.2) is 4.98 Å².